The monoisotopic (exact) mass is 425 g/mol. The number of carbonyl (C=O) groups excluding carboxylic acids is 1. The van der Waals surface area contributed by atoms with E-state index in [1.54, 1.807) is 45.4 Å². The largest absolute Gasteiger partial charge is 0.493 e. The van der Waals surface area contributed by atoms with Gasteiger partial charge in [-0.15, -0.1) is 0 Å². The number of benzene rings is 2. The van der Waals surface area contributed by atoms with E-state index in [9.17, 15) is 4.79 Å². The van der Waals surface area contributed by atoms with Crippen LogP contribution in [0.3, 0.4) is 0 Å². The Morgan fingerprint density at radius 3 is 2.10 bits per heavy atom. The van der Waals surface area contributed by atoms with Crippen molar-refractivity contribution in [1.82, 2.24) is 9.78 Å². The molecule has 8 heteroatoms. The molecule has 0 saturated heterocycles. The molecule has 0 aliphatic carbocycles. The molecule has 0 spiro atoms. The van der Waals surface area contributed by atoms with Gasteiger partial charge in [-0.25, -0.2) is 4.68 Å². The number of methoxy groups -OCH3 is 4. The Balaban J connectivity index is 1.68. The lowest BCUT2D eigenvalue weighted by atomic mass is 10.1. The molecule has 1 heterocycles. The van der Waals surface area contributed by atoms with Crippen LogP contribution in [0.15, 0.2) is 48.7 Å². The molecule has 1 aromatic heterocycles. The van der Waals surface area contributed by atoms with Gasteiger partial charge in [-0.05, 0) is 24.1 Å². The molecule has 0 unspecified atom stereocenters. The number of para-hydroxylation sites is 2. The van der Waals surface area contributed by atoms with Crippen LogP contribution in [-0.2, 0) is 17.8 Å². The van der Waals surface area contributed by atoms with Crippen LogP contribution < -0.4 is 24.3 Å². The van der Waals surface area contributed by atoms with Crippen LogP contribution in [0.5, 0.6) is 23.0 Å². The van der Waals surface area contributed by atoms with Crippen molar-refractivity contribution in [3.63, 3.8) is 0 Å². The molecule has 0 atom stereocenters. The summed E-state index contributed by atoms with van der Waals surface area (Å²) in [6.45, 7) is 0.423. The molecule has 0 saturated carbocycles. The zero-order valence-corrected chi connectivity index (χ0v) is 18.2. The van der Waals surface area contributed by atoms with E-state index in [0.29, 0.717) is 41.8 Å². The number of hydrogen-bond acceptors (Lipinski definition) is 6. The highest BCUT2D eigenvalue weighted by Crippen LogP contribution is 2.32. The molecule has 3 rings (SSSR count). The maximum absolute atomic E-state index is 12.6. The molecular formula is C23H27N3O5. The standard InChI is InChI=1S/C23H27N3O5/c1-28-18-9-5-7-16(22(18)30-3)11-12-21(27)25-20-13-14-24-26(20)15-17-8-6-10-19(29-2)23(17)31-4/h5-10,13-14H,11-12,15H2,1-4H3,(H,25,27). The summed E-state index contributed by atoms with van der Waals surface area (Å²) >= 11 is 0. The highest BCUT2D eigenvalue weighted by molar-refractivity contribution is 5.90. The number of aromatic nitrogens is 2. The van der Waals surface area contributed by atoms with Gasteiger partial charge >= 0.3 is 0 Å². The predicted octanol–water partition coefficient (Wildman–Crippen LogP) is 3.54. The van der Waals surface area contributed by atoms with Crippen molar-refractivity contribution in [2.24, 2.45) is 0 Å². The molecule has 3 aromatic rings. The van der Waals surface area contributed by atoms with Crippen LogP contribution in [0.2, 0.25) is 0 Å². The number of carbonyl (C=O) groups is 1. The molecule has 1 N–H and O–H groups in total. The van der Waals surface area contributed by atoms with Crippen molar-refractivity contribution in [3.05, 3.63) is 59.8 Å². The molecule has 1 amide bonds. The van der Waals surface area contributed by atoms with Gasteiger partial charge in [-0.2, -0.15) is 5.10 Å². The van der Waals surface area contributed by atoms with E-state index in [-0.39, 0.29) is 12.3 Å². The van der Waals surface area contributed by atoms with Crippen LogP contribution in [0.4, 0.5) is 5.82 Å². The van der Waals surface area contributed by atoms with E-state index in [1.165, 1.54) is 0 Å². The van der Waals surface area contributed by atoms with Crippen LogP contribution in [0, 0.1) is 0 Å². The molecule has 0 radical (unpaired) electrons. The third kappa shape index (κ3) is 5.09. The SMILES string of the molecule is COc1cccc(CCC(=O)Nc2ccnn2Cc2cccc(OC)c2OC)c1OC. The zero-order chi connectivity index (χ0) is 22.2. The lowest BCUT2D eigenvalue weighted by Gasteiger charge is -2.14. The smallest absolute Gasteiger partial charge is 0.225 e. The van der Waals surface area contributed by atoms with Crippen molar-refractivity contribution in [2.45, 2.75) is 19.4 Å². The van der Waals surface area contributed by atoms with Gasteiger partial charge in [-0.1, -0.05) is 24.3 Å². The first kappa shape index (κ1) is 22.0. The zero-order valence-electron chi connectivity index (χ0n) is 18.2. The molecule has 8 nitrogen and oxygen atoms in total. The van der Waals surface area contributed by atoms with E-state index in [1.807, 2.05) is 36.4 Å². The number of nitrogens with one attached hydrogen (secondary N) is 1. The first-order valence-electron chi connectivity index (χ1n) is 9.82. The van der Waals surface area contributed by atoms with Gasteiger partial charge in [0.25, 0.3) is 0 Å². The molecular weight excluding hydrogens is 398 g/mol. The Hall–Kier alpha value is -3.68. The van der Waals surface area contributed by atoms with Gasteiger partial charge < -0.3 is 24.3 Å². The average molecular weight is 425 g/mol. The minimum absolute atomic E-state index is 0.121. The minimum Gasteiger partial charge on any atom is -0.493 e. The van der Waals surface area contributed by atoms with Crippen molar-refractivity contribution in [3.8, 4) is 23.0 Å². The van der Waals surface area contributed by atoms with Crippen molar-refractivity contribution in [2.75, 3.05) is 33.8 Å². The summed E-state index contributed by atoms with van der Waals surface area (Å²) in [4.78, 5) is 12.6. The quantitative estimate of drug-likeness (QED) is 0.535. The number of hydrogen-bond donors (Lipinski definition) is 1. The Morgan fingerprint density at radius 2 is 1.48 bits per heavy atom. The molecule has 0 fully saturated rings. The third-order valence-electron chi connectivity index (χ3n) is 4.89. The maximum Gasteiger partial charge on any atom is 0.225 e. The fraction of sp³-hybridized carbons (Fsp3) is 0.304. The number of amides is 1. The van der Waals surface area contributed by atoms with Crippen LogP contribution in [0.25, 0.3) is 0 Å². The lowest BCUT2D eigenvalue weighted by Crippen LogP contribution is -2.17. The van der Waals surface area contributed by atoms with Gasteiger partial charge in [0.15, 0.2) is 23.0 Å². The Morgan fingerprint density at radius 1 is 0.871 bits per heavy atom. The van der Waals surface area contributed by atoms with E-state index in [2.05, 4.69) is 10.4 Å². The summed E-state index contributed by atoms with van der Waals surface area (Å²) in [6.07, 6.45) is 2.45. The minimum atomic E-state index is -0.121. The van der Waals surface area contributed by atoms with Gasteiger partial charge in [0.2, 0.25) is 5.91 Å². The summed E-state index contributed by atoms with van der Waals surface area (Å²) in [5.41, 5.74) is 1.80. The Labute approximate surface area is 181 Å². The molecule has 2 aromatic carbocycles. The highest BCUT2D eigenvalue weighted by Gasteiger charge is 2.15. The average Bonchev–Trinajstić information content (AvgIpc) is 3.23. The summed E-state index contributed by atoms with van der Waals surface area (Å²) in [5.74, 6) is 3.06. The summed E-state index contributed by atoms with van der Waals surface area (Å²) in [7, 11) is 6.37. The first-order valence-corrected chi connectivity index (χ1v) is 9.82. The van der Waals surface area contributed by atoms with Crippen LogP contribution in [-0.4, -0.2) is 44.1 Å². The molecule has 31 heavy (non-hydrogen) atoms. The molecule has 0 aliphatic heterocycles. The van der Waals surface area contributed by atoms with Gasteiger partial charge in [0.05, 0.1) is 41.2 Å². The van der Waals surface area contributed by atoms with E-state index in [4.69, 9.17) is 18.9 Å². The second-order valence-electron chi connectivity index (χ2n) is 6.73. The Kier molecular flexibility index (Phi) is 7.37. The van der Waals surface area contributed by atoms with Crippen molar-refractivity contribution < 1.29 is 23.7 Å². The fourth-order valence-electron chi connectivity index (χ4n) is 3.41. The normalized spacial score (nSPS) is 10.5. The van der Waals surface area contributed by atoms with E-state index in [0.717, 1.165) is 11.1 Å². The summed E-state index contributed by atoms with van der Waals surface area (Å²) < 4.78 is 23.3. The van der Waals surface area contributed by atoms with Gasteiger partial charge in [0.1, 0.15) is 5.82 Å². The van der Waals surface area contributed by atoms with Crippen LogP contribution in [0.1, 0.15) is 17.5 Å². The maximum atomic E-state index is 12.6. The Bertz CT molecular complexity index is 1030. The van der Waals surface area contributed by atoms with Crippen molar-refractivity contribution in [1.29, 1.82) is 0 Å². The highest BCUT2D eigenvalue weighted by atomic mass is 16.5. The number of rotatable bonds is 10. The second-order valence-corrected chi connectivity index (χ2v) is 6.73. The number of ether oxygens (including phenoxy) is 4. The second kappa shape index (κ2) is 10.4. The summed E-state index contributed by atoms with van der Waals surface area (Å²) in [5, 5.41) is 7.26. The molecule has 164 valence electrons. The van der Waals surface area contributed by atoms with Crippen molar-refractivity contribution >= 4 is 11.7 Å². The number of anilines is 1. The van der Waals surface area contributed by atoms with E-state index >= 15 is 0 Å². The number of aryl methyl sites for hydroxylation is 1. The first-order chi connectivity index (χ1) is 15.1. The predicted molar refractivity (Wildman–Crippen MR) is 117 cm³/mol. The molecule has 0 aliphatic rings. The fourth-order valence-corrected chi connectivity index (χ4v) is 3.41. The van der Waals surface area contributed by atoms with Crippen LogP contribution >= 0.6 is 0 Å². The topological polar surface area (TPSA) is 83.8 Å². The summed E-state index contributed by atoms with van der Waals surface area (Å²) in [6, 6.07) is 13.0. The third-order valence-corrected chi connectivity index (χ3v) is 4.89. The lowest BCUT2D eigenvalue weighted by molar-refractivity contribution is -0.116. The van der Waals surface area contributed by atoms with E-state index < -0.39 is 0 Å². The molecule has 0 bridgehead atoms. The number of nitrogens with zero attached hydrogens (tertiary/aromatic N) is 2. The van der Waals surface area contributed by atoms with Gasteiger partial charge in [0, 0.05) is 18.1 Å². The van der Waals surface area contributed by atoms with Gasteiger partial charge in [-0.3, -0.25) is 4.79 Å².